The molecule has 0 aromatic heterocycles. The van der Waals surface area contributed by atoms with Gasteiger partial charge in [-0.3, -0.25) is 4.79 Å². The number of carbonyl (C=O) groups excluding carboxylic acids is 1. The Hall–Kier alpha value is -2.24. The third-order valence-corrected chi connectivity index (χ3v) is 3.90. The number of para-hydroxylation sites is 1. The molecule has 0 amide bonds. The smallest absolute Gasteiger partial charge is 0.306 e. The van der Waals surface area contributed by atoms with Crippen LogP contribution in [0.3, 0.4) is 0 Å². The molecule has 0 unspecified atom stereocenters. The van der Waals surface area contributed by atoms with Gasteiger partial charge in [0.25, 0.3) is 0 Å². The summed E-state index contributed by atoms with van der Waals surface area (Å²) in [4.78, 5) is 11.9. The van der Waals surface area contributed by atoms with Crippen LogP contribution in [0.4, 0.5) is 0 Å². The van der Waals surface area contributed by atoms with Gasteiger partial charge in [0.05, 0.1) is 13.2 Å². The lowest BCUT2D eigenvalue weighted by Gasteiger charge is -2.21. The molecular weight excluding hydrogens is 344 g/mol. The molecule has 1 aliphatic rings. The standard InChI is InChI=1S/C19H19ClO5/c20-16-9-14-11-22-13-25-19(14)15(10-16)12-24-18(21)7-4-8-23-17-5-2-1-3-6-17/h1-3,5-6,9-10H,4,7-8,11-13H2. The topological polar surface area (TPSA) is 54.0 Å². The molecule has 1 aliphatic heterocycles. The number of halogens is 1. The molecule has 0 spiro atoms. The maximum absolute atomic E-state index is 11.9. The Morgan fingerprint density at radius 3 is 2.88 bits per heavy atom. The number of carbonyl (C=O) groups is 1. The van der Waals surface area contributed by atoms with E-state index in [0.29, 0.717) is 36.8 Å². The molecule has 0 aliphatic carbocycles. The normalized spacial score (nSPS) is 12.8. The summed E-state index contributed by atoms with van der Waals surface area (Å²) in [6.45, 7) is 1.22. The molecule has 0 bridgehead atoms. The Morgan fingerprint density at radius 2 is 2.04 bits per heavy atom. The van der Waals surface area contributed by atoms with Crippen molar-refractivity contribution in [2.24, 2.45) is 0 Å². The van der Waals surface area contributed by atoms with Crippen LogP contribution in [-0.2, 0) is 27.5 Å². The monoisotopic (exact) mass is 362 g/mol. The van der Waals surface area contributed by atoms with Gasteiger partial charge < -0.3 is 18.9 Å². The van der Waals surface area contributed by atoms with Crippen molar-refractivity contribution in [2.75, 3.05) is 13.4 Å². The molecule has 1 heterocycles. The van der Waals surface area contributed by atoms with Crippen molar-refractivity contribution in [3.63, 3.8) is 0 Å². The van der Waals surface area contributed by atoms with E-state index in [2.05, 4.69) is 0 Å². The quantitative estimate of drug-likeness (QED) is 0.548. The number of benzene rings is 2. The van der Waals surface area contributed by atoms with Crippen LogP contribution >= 0.6 is 11.6 Å². The first-order valence-electron chi connectivity index (χ1n) is 8.07. The number of hydrogen-bond donors (Lipinski definition) is 0. The van der Waals surface area contributed by atoms with Crippen LogP contribution in [0, 0.1) is 0 Å². The highest BCUT2D eigenvalue weighted by Crippen LogP contribution is 2.32. The van der Waals surface area contributed by atoms with Gasteiger partial charge in [-0.25, -0.2) is 0 Å². The second kappa shape index (κ2) is 8.74. The molecule has 25 heavy (non-hydrogen) atoms. The van der Waals surface area contributed by atoms with E-state index >= 15 is 0 Å². The van der Waals surface area contributed by atoms with E-state index in [1.165, 1.54) is 0 Å². The molecule has 2 aromatic carbocycles. The minimum atomic E-state index is -0.280. The van der Waals surface area contributed by atoms with Crippen LogP contribution in [-0.4, -0.2) is 19.4 Å². The van der Waals surface area contributed by atoms with Crippen molar-refractivity contribution >= 4 is 17.6 Å². The Labute approximate surface area is 151 Å². The predicted molar refractivity (Wildman–Crippen MR) is 92.7 cm³/mol. The van der Waals surface area contributed by atoms with Gasteiger partial charge in [-0.15, -0.1) is 0 Å². The number of fused-ring (bicyclic) bond motifs is 1. The van der Waals surface area contributed by atoms with Crippen molar-refractivity contribution in [3.8, 4) is 11.5 Å². The van der Waals surface area contributed by atoms with E-state index < -0.39 is 0 Å². The largest absolute Gasteiger partial charge is 0.494 e. The highest BCUT2D eigenvalue weighted by atomic mass is 35.5. The van der Waals surface area contributed by atoms with Gasteiger partial charge in [-0.2, -0.15) is 0 Å². The lowest BCUT2D eigenvalue weighted by Crippen LogP contribution is -2.14. The maximum Gasteiger partial charge on any atom is 0.306 e. The van der Waals surface area contributed by atoms with Crippen molar-refractivity contribution in [2.45, 2.75) is 26.1 Å². The molecule has 0 saturated heterocycles. The first kappa shape index (κ1) is 17.6. The lowest BCUT2D eigenvalue weighted by atomic mass is 10.1. The van der Waals surface area contributed by atoms with Gasteiger partial charge in [0.15, 0.2) is 6.79 Å². The molecule has 5 nitrogen and oxygen atoms in total. The highest BCUT2D eigenvalue weighted by Gasteiger charge is 2.17. The first-order valence-corrected chi connectivity index (χ1v) is 8.45. The Balaban J connectivity index is 1.44. The number of rotatable bonds is 7. The van der Waals surface area contributed by atoms with Gasteiger partial charge >= 0.3 is 5.97 Å². The molecule has 6 heteroatoms. The molecule has 0 N–H and O–H groups in total. The minimum Gasteiger partial charge on any atom is -0.494 e. The van der Waals surface area contributed by atoms with Gasteiger partial charge in [-0.05, 0) is 30.7 Å². The molecular formula is C19H19ClO5. The highest BCUT2D eigenvalue weighted by molar-refractivity contribution is 6.30. The number of esters is 1. The summed E-state index contributed by atoms with van der Waals surface area (Å²) >= 11 is 6.09. The van der Waals surface area contributed by atoms with Gasteiger partial charge in [-0.1, -0.05) is 29.8 Å². The van der Waals surface area contributed by atoms with E-state index in [9.17, 15) is 4.79 Å². The summed E-state index contributed by atoms with van der Waals surface area (Å²) < 4.78 is 21.6. The van der Waals surface area contributed by atoms with Crippen molar-refractivity contribution < 1.29 is 23.7 Å². The molecule has 0 fully saturated rings. The fraction of sp³-hybridized carbons (Fsp3) is 0.316. The van der Waals surface area contributed by atoms with Crippen LogP contribution in [0.2, 0.25) is 5.02 Å². The lowest BCUT2D eigenvalue weighted by molar-refractivity contribution is -0.145. The average Bonchev–Trinajstić information content (AvgIpc) is 2.64. The first-order chi connectivity index (χ1) is 12.2. The number of hydrogen-bond acceptors (Lipinski definition) is 5. The van der Waals surface area contributed by atoms with E-state index in [0.717, 1.165) is 16.9 Å². The minimum absolute atomic E-state index is 0.126. The maximum atomic E-state index is 11.9. The van der Waals surface area contributed by atoms with Gasteiger partial charge in [0, 0.05) is 22.6 Å². The van der Waals surface area contributed by atoms with Crippen molar-refractivity contribution in [3.05, 3.63) is 58.6 Å². The predicted octanol–water partition coefficient (Wildman–Crippen LogP) is 4.11. The fourth-order valence-corrected chi connectivity index (χ4v) is 2.78. The summed E-state index contributed by atoms with van der Waals surface area (Å²) in [5.74, 6) is 1.20. The van der Waals surface area contributed by atoms with Crippen LogP contribution < -0.4 is 9.47 Å². The van der Waals surface area contributed by atoms with E-state index in [-0.39, 0.29) is 19.4 Å². The van der Waals surface area contributed by atoms with Crippen molar-refractivity contribution in [1.29, 1.82) is 0 Å². The van der Waals surface area contributed by atoms with Gasteiger partial charge in [0.2, 0.25) is 0 Å². The molecule has 132 valence electrons. The summed E-state index contributed by atoms with van der Waals surface area (Å²) in [5, 5.41) is 0.565. The molecule has 0 atom stereocenters. The molecule has 2 aromatic rings. The summed E-state index contributed by atoms with van der Waals surface area (Å²) in [5.41, 5.74) is 1.61. The number of ether oxygens (including phenoxy) is 4. The van der Waals surface area contributed by atoms with Gasteiger partial charge in [0.1, 0.15) is 18.1 Å². The third kappa shape index (κ3) is 5.11. The zero-order chi connectivity index (χ0) is 17.5. The summed E-state index contributed by atoms with van der Waals surface area (Å²) in [7, 11) is 0. The zero-order valence-corrected chi connectivity index (χ0v) is 14.5. The van der Waals surface area contributed by atoms with Crippen LogP contribution in [0.5, 0.6) is 11.5 Å². The van der Waals surface area contributed by atoms with E-state index in [1.54, 1.807) is 12.1 Å². The Morgan fingerprint density at radius 1 is 1.20 bits per heavy atom. The van der Waals surface area contributed by atoms with Crippen LogP contribution in [0.25, 0.3) is 0 Å². The van der Waals surface area contributed by atoms with E-state index in [4.69, 9.17) is 30.5 Å². The summed E-state index contributed by atoms with van der Waals surface area (Å²) in [6, 6.07) is 13.0. The Kier molecular flexibility index (Phi) is 6.14. The van der Waals surface area contributed by atoms with E-state index in [1.807, 2.05) is 30.3 Å². The third-order valence-electron chi connectivity index (χ3n) is 3.68. The molecule has 0 saturated carbocycles. The zero-order valence-electron chi connectivity index (χ0n) is 13.7. The summed E-state index contributed by atoms with van der Waals surface area (Å²) in [6.07, 6.45) is 0.880. The van der Waals surface area contributed by atoms with Crippen molar-refractivity contribution in [1.82, 2.24) is 0 Å². The van der Waals surface area contributed by atoms with Crippen LogP contribution in [0.15, 0.2) is 42.5 Å². The molecule has 3 rings (SSSR count). The second-order valence-electron chi connectivity index (χ2n) is 5.59. The SMILES string of the molecule is O=C(CCCOc1ccccc1)OCc1cc(Cl)cc2c1OCOC2. The average molecular weight is 363 g/mol. The van der Waals surface area contributed by atoms with Crippen LogP contribution in [0.1, 0.15) is 24.0 Å². The second-order valence-corrected chi connectivity index (χ2v) is 6.03. The fourth-order valence-electron chi connectivity index (χ4n) is 2.52. The Bertz CT molecular complexity index is 717. The molecule has 0 radical (unpaired) electrons.